The van der Waals surface area contributed by atoms with E-state index in [1.54, 1.807) is 0 Å². The van der Waals surface area contributed by atoms with E-state index in [-0.39, 0.29) is 34.1 Å². The Morgan fingerprint density at radius 2 is 2.00 bits per heavy atom. The fraction of sp³-hybridized carbons (Fsp3) is 0.579. The molecule has 1 aliphatic heterocycles. The van der Waals surface area contributed by atoms with Crippen molar-refractivity contribution < 1.29 is 14.4 Å². The number of halogens is 2. The van der Waals surface area contributed by atoms with Crippen molar-refractivity contribution in [3.05, 3.63) is 21.9 Å². The molecule has 1 aromatic rings. The van der Waals surface area contributed by atoms with Gasteiger partial charge in [-0.05, 0) is 37.7 Å². The van der Waals surface area contributed by atoms with Crippen LogP contribution in [0.1, 0.15) is 49.0 Å². The molecule has 29 heavy (non-hydrogen) atoms. The van der Waals surface area contributed by atoms with Crippen LogP contribution in [0.15, 0.2) is 6.07 Å². The fourth-order valence-corrected chi connectivity index (χ4v) is 3.75. The highest BCUT2D eigenvalue weighted by Gasteiger charge is 2.33. The van der Waals surface area contributed by atoms with E-state index in [1.807, 2.05) is 0 Å². The lowest BCUT2D eigenvalue weighted by Gasteiger charge is -2.25. The minimum Gasteiger partial charge on any atom is -0.356 e. The smallest absolute Gasteiger partial charge is 0.268 e. The number of aromatic amines is 1. The number of nitrogens with one attached hydrogen (secondary N) is 4. The molecular formula is C19H23Cl2N5O3. The van der Waals surface area contributed by atoms with Crippen molar-refractivity contribution in [1.29, 1.82) is 5.26 Å². The Kier molecular flexibility index (Phi) is 7.04. The van der Waals surface area contributed by atoms with Gasteiger partial charge in [0, 0.05) is 12.5 Å². The van der Waals surface area contributed by atoms with Gasteiger partial charge in [0.2, 0.25) is 11.8 Å². The summed E-state index contributed by atoms with van der Waals surface area (Å²) in [6, 6.07) is 1.86. The second-order valence-electron chi connectivity index (χ2n) is 7.61. The van der Waals surface area contributed by atoms with Crippen LogP contribution in [-0.4, -0.2) is 41.3 Å². The number of carbonyl (C=O) groups is 3. The molecule has 1 aliphatic carbocycles. The van der Waals surface area contributed by atoms with Crippen LogP contribution in [0.4, 0.5) is 0 Å². The van der Waals surface area contributed by atoms with Gasteiger partial charge in [-0.2, -0.15) is 5.26 Å². The molecule has 2 heterocycles. The maximum Gasteiger partial charge on any atom is 0.268 e. The van der Waals surface area contributed by atoms with E-state index in [0.29, 0.717) is 25.3 Å². The van der Waals surface area contributed by atoms with Gasteiger partial charge >= 0.3 is 0 Å². The standard InChI is InChI=1S/C19H23Cl2N5O3/c20-13-8-15(25-16(13)21)19(29)26-14(6-10-3-4-10)18(28)24-12(9-22)7-11-2-1-5-23-17(11)27/h8,10-12,14,25H,1-7H2,(H,23,27)(H,24,28)(H,26,29)/t11-,12-,14-/m0/s1. The Labute approximate surface area is 178 Å². The van der Waals surface area contributed by atoms with Gasteiger partial charge in [0.1, 0.15) is 22.9 Å². The number of piperidine rings is 1. The van der Waals surface area contributed by atoms with E-state index in [2.05, 4.69) is 27.0 Å². The third-order valence-electron chi connectivity index (χ3n) is 5.25. The highest BCUT2D eigenvalue weighted by Crippen LogP contribution is 2.33. The van der Waals surface area contributed by atoms with Gasteiger partial charge in [-0.15, -0.1) is 0 Å². The molecule has 1 aromatic heterocycles. The molecule has 10 heteroatoms. The molecule has 2 fully saturated rings. The number of carbonyl (C=O) groups excluding carboxylic acids is 3. The Morgan fingerprint density at radius 1 is 1.24 bits per heavy atom. The highest BCUT2D eigenvalue weighted by atomic mass is 35.5. The largest absolute Gasteiger partial charge is 0.356 e. The van der Waals surface area contributed by atoms with Crippen LogP contribution in [0.25, 0.3) is 0 Å². The summed E-state index contributed by atoms with van der Waals surface area (Å²) in [6.07, 6.45) is 4.29. The van der Waals surface area contributed by atoms with Crippen molar-refractivity contribution in [3.63, 3.8) is 0 Å². The molecule has 0 unspecified atom stereocenters. The monoisotopic (exact) mass is 439 g/mol. The summed E-state index contributed by atoms with van der Waals surface area (Å²) in [5.41, 5.74) is 0.157. The third-order valence-corrected chi connectivity index (χ3v) is 5.94. The van der Waals surface area contributed by atoms with E-state index in [9.17, 15) is 19.6 Å². The zero-order valence-corrected chi connectivity index (χ0v) is 17.3. The zero-order chi connectivity index (χ0) is 21.0. The normalized spacial score (nSPS) is 20.9. The maximum atomic E-state index is 12.8. The number of amides is 3. The number of H-pyrrole nitrogens is 1. The Bertz CT molecular complexity index is 811. The molecule has 0 radical (unpaired) electrons. The lowest BCUT2D eigenvalue weighted by molar-refractivity contribution is -0.128. The first kappa shape index (κ1) is 21.5. The predicted octanol–water partition coefficient (Wildman–Crippen LogP) is 2.14. The van der Waals surface area contributed by atoms with Crippen LogP contribution in [0.3, 0.4) is 0 Å². The van der Waals surface area contributed by atoms with Crippen molar-refractivity contribution in [2.45, 2.75) is 50.6 Å². The molecule has 3 rings (SSSR count). The number of hydrogen-bond acceptors (Lipinski definition) is 4. The van der Waals surface area contributed by atoms with Gasteiger partial charge in [-0.25, -0.2) is 0 Å². The van der Waals surface area contributed by atoms with Gasteiger partial charge in [0.15, 0.2) is 0 Å². The number of nitrogens with zero attached hydrogens (tertiary/aromatic N) is 1. The minimum atomic E-state index is -0.802. The van der Waals surface area contributed by atoms with Gasteiger partial charge in [-0.3, -0.25) is 14.4 Å². The molecule has 156 valence electrons. The second kappa shape index (κ2) is 9.51. The Balaban J connectivity index is 1.62. The van der Waals surface area contributed by atoms with Gasteiger partial charge in [-0.1, -0.05) is 36.0 Å². The number of rotatable bonds is 8. The third kappa shape index (κ3) is 5.87. The van der Waals surface area contributed by atoms with Gasteiger partial charge in [0.05, 0.1) is 11.1 Å². The number of aromatic nitrogens is 1. The van der Waals surface area contributed by atoms with Crippen LogP contribution < -0.4 is 16.0 Å². The minimum absolute atomic E-state index is 0.0888. The van der Waals surface area contributed by atoms with E-state index in [4.69, 9.17) is 23.2 Å². The summed E-state index contributed by atoms with van der Waals surface area (Å²) in [5.74, 6) is -0.953. The van der Waals surface area contributed by atoms with Crippen molar-refractivity contribution >= 4 is 40.9 Å². The van der Waals surface area contributed by atoms with E-state index >= 15 is 0 Å². The van der Waals surface area contributed by atoms with Crippen LogP contribution in [0.2, 0.25) is 10.2 Å². The summed E-state index contributed by atoms with van der Waals surface area (Å²) < 4.78 is 0. The van der Waals surface area contributed by atoms with Crippen LogP contribution in [-0.2, 0) is 9.59 Å². The molecule has 0 bridgehead atoms. The molecule has 1 saturated carbocycles. The average molecular weight is 440 g/mol. The summed E-state index contributed by atoms with van der Waals surface area (Å²) in [7, 11) is 0. The first-order chi connectivity index (χ1) is 13.9. The number of hydrogen-bond donors (Lipinski definition) is 4. The summed E-state index contributed by atoms with van der Waals surface area (Å²) in [6.45, 7) is 0.640. The van der Waals surface area contributed by atoms with Gasteiger partial charge < -0.3 is 20.9 Å². The Morgan fingerprint density at radius 3 is 2.59 bits per heavy atom. The summed E-state index contributed by atoms with van der Waals surface area (Å²) in [4.78, 5) is 39.9. The summed E-state index contributed by atoms with van der Waals surface area (Å²) >= 11 is 11.7. The molecular weight excluding hydrogens is 417 g/mol. The zero-order valence-electron chi connectivity index (χ0n) is 15.8. The molecule has 3 atom stereocenters. The topological polar surface area (TPSA) is 127 Å². The predicted molar refractivity (Wildman–Crippen MR) is 107 cm³/mol. The van der Waals surface area contributed by atoms with E-state index in [0.717, 1.165) is 19.3 Å². The van der Waals surface area contributed by atoms with E-state index < -0.39 is 23.9 Å². The molecule has 8 nitrogen and oxygen atoms in total. The SMILES string of the molecule is N#C[C@H](C[C@@H]1CCCNC1=O)NC(=O)[C@H](CC1CC1)NC(=O)c1cc(Cl)c(Cl)[nH]1. The van der Waals surface area contributed by atoms with Crippen LogP contribution in [0.5, 0.6) is 0 Å². The van der Waals surface area contributed by atoms with Crippen molar-refractivity contribution in [2.24, 2.45) is 11.8 Å². The molecule has 2 aliphatic rings. The quantitative estimate of drug-likeness (QED) is 0.494. The fourth-order valence-electron chi connectivity index (χ4n) is 3.44. The highest BCUT2D eigenvalue weighted by molar-refractivity contribution is 6.41. The first-order valence-corrected chi connectivity index (χ1v) is 10.5. The van der Waals surface area contributed by atoms with Crippen LogP contribution >= 0.6 is 23.2 Å². The average Bonchev–Trinajstić information content (AvgIpc) is 3.45. The lowest BCUT2D eigenvalue weighted by atomic mass is 9.92. The van der Waals surface area contributed by atoms with Crippen molar-refractivity contribution in [2.75, 3.05) is 6.54 Å². The number of nitriles is 1. The Hall–Kier alpha value is -2.24. The van der Waals surface area contributed by atoms with Crippen molar-refractivity contribution in [3.8, 4) is 6.07 Å². The molecule has 1 saturated heterocycles. The van der Waals surface area contributed by atoms with E-state index in [1.165, 1.54) is 6.07 Å². The van der Waals surface area contributed by atoms with Crippen molar-refractivity contribution in [1.82, 2.24) is 20.9 Å². The molecule has 0 aromatic carbocycles. The van der Waals surface area contributed by atoms with Crippen LogP contribution in [0, 0.1) is 23.2 Å². The molecule has 0 spiro atoms. The maximum absolute atomic E-state index is 12.8. The summed E-state index contributed by atoms with van der Waals surface area (Å²) in [5, 5.41) is 18.0. The molecule has 3 amide bonds. The first-order valence-electron chi connectivity index (χ1n) is 9.70. The second-order valence-corrected chi connectivity index (χ2v) is 8.39. The lowest BCUT2D eigenvalue weighted by Crippen LogP contribution is -2.50. The van der Waals surface area contributed by atoms with Gasteiger partial charge in [0.25, 0.3) is 5.91 Å². The molecule has 4 N–H and O–H groups in total.